The Morgan fingerprint density at radius 1 is 1.10 bits per heavy atom. The highest BCUT2D eigenvalue weighted by Crippen LogP contribution is 2.34. The van der Waals surface area contributed by atoms with Crippen molar-refractivity contribution in [1.82, 2.24) is 9.78 Å². The van der Waals surface area contributed by atoms with Crippen LogP contribution in [0.3, 0.4) is 0 Å². The fourth-order valence-corrected chi connectivity index (χ4v) is 2.67. The summed E-state index contributed by atoms with van der Waals surface area (Å²) in [6.45, 7) is 1.30. The molecule has 0 unspecified atom stereocenters. The number of methoxy groups -OCH3 is 1. The van der Waals surface area contributed by atoms with Gasteiger partial charge in [-0.1, -0.05) is 12.1 Å². The van der Waals surface area contributed by atoms with Crippen molar-refractivity contribution in [3.63, 3.8) is 0 Å². The van der Waals surface area contributed by atoms with Crippen LogP contribution in [0.5, 0.6) is 11.5 Å². The number of nitrogens with zero attached hydrogens (tertiary/aromatic N) is 2. The van der Waals surface area contributed by atoms with E-state index in [0.29, 0.717) is 17.2 Å². The van der Waals surface area contributed by atoms with Crippen LogP contribution in [0.25, 0.3) is 5.69 Å². The molecule has 0 bridgehead atoms. The number of amides is 1. The van der Waals surface area contributed by atoms with Crippen LogP contribution in [0.2, 0.25) is 0 Å². The molecule has 0 aliphatic rings. The molecular formula is C20H18F3N3O3. The van der Waals surface area contributed by atoms with Crippen molar-refractivity contribution in [1.29, 1.82) is 0 Å². The summed E-state index contributed by atoms with van der Waals surface area (Å²) in [4.78, 5) is 12.3. The van der Waals surface area contributed by atoms with Crippen LogP contribution in [0, 0.1) is 6.92 Å². The Balaban J connectivity index is 1.76. The Labute approximate surface area is 164 Å². The summed E-state index contributed by atoms with van der Waals surface area (Å²) >= 11 is 0. The van der Waals surface area contributed by atoms with Gasteiger partial charge in [0.25, 0.3) is 5.91 Å². The number of anilines is 1. The molecule has 3 rings (SSSR count). The number of nitrogens with one attached hydrogen (secondary N) is 1. The van der Waals surface area contributed by atoms with Crippen LogP contribution >= 0.6 is 0 Å². The lowest BCUT2D eigenvalue weighted by atomic mass is 10.1. The molecule has 9 heteroatoms. The minimum absolute atomic E-state index is 0.113. The molecule has 0 radical (unpaired) electrons. The van der Waals surface area contributed by atoms with E-state index in [9.17, 15) is 18.0 Å². The Hall–Kier alpha value is -3.49. The average molecular weight is 405 g/mol. The molecule has 0 saturated heterocycles. The second-order valence-electron chi connectivity index (χ2n) is 6.11. The molecule has 0 aliphatic heterocycles. The number of benzene rings is 2. The third-order valence-corrected chi connectivity index (χ3v) is 3.97. The minimum Gasteiger partial charge on any atom is -0.497 e. The summed E-state index contributed by atoms with van der Waals surface area (Å²) in [5.74, 6) is 0.673. The zero-order chi connectivity index (χ0) is 21.0. The fraction of sp³-hybridized carbons (Fsp3) is 0.200. The lowest BCUT2D eigenvalue weighted by Gasteiger charge is -2.15. The lowest BCUT2D eigenvalue weighted by Crippen LogP contribution is -2.22. The average Bonchev–Trinajstić information content (AvgIpc) is 3.06. The van der Waals surface area contributed by atoms with Gasteiger partial charge >= 0.3 is 6.18 Å². The molecule has 0 spiro atoms. The number of rotatable bonds is 6. The topological polar surface area (TPSA) is 65.4 Å². The van der Waals surface area contributed by atoms with Crippen LogP contribution in [0.15, 0.2) is 54.6 Å². The van der Waals surface area contributed by atoms with E-state index in [2.05, 4.69) is 10.4 Å². The molecule has 0 fully saturated rings. The van der Waals surface area contributed by atoms with Gasteiger partial charge in [0.1, 0.15) is 17.3 Å². The van der Waals surface area contributed by atoms with E-state index in [1.54, 1.807) is 31.2 Å². The first-order valence-electron chi connectivity index (χ1n) is 8.58. The number of ether oxygens (including phenoxy) is 2. The maximum Gasteiger partial charge on any atom is 0.418 e. The number of para-hydroxylation sites is 1. The Morgan fingerprint density at radius 2 is 1.76 bits per heavy atom. The monoisotopic (exact) mass is 405 g/mol. The summed E-state index contributed by atoms with van der Waals surface area (Å²) in [7, 11) is 1.53. The number of aryl methyl sites for hydroxylation is 1. The van der Waals surface area contributed by atoms with Gasteiger partial charge in [-0.15, -0.1) is 0 Å². The van der Waals surface area contributed by atoms with Gasteiger partial charge in [-0.25, -0.2) is 4.68 Å². The predicted octanol–water partition coefficient (Wildman–Crippen LogP) is 4.23. The van der Waals surface area contributed by atoms with Gasteiger partial charge in [0, 0.05) is 6.07 Å². The van der Waals surface area contributed by atoms with Gasteiger partial charge in [0.15, 0.2) is 6.61 Å². The van der Waals surface area contributed by atoms with Crippen molar-refractivity contribution < 1.29 is 27.4 Å². The van der Waals surface area contributed by atoms with Crippen LogP contribution in [0.1, 0.15) is 11.3 Å². The molecule has 152 valence electrons. The third kappa shape index (κ3) is 4.87. The smallest absolute Gasteiger partial charge is 0.418 e. The Bertz CT molecular complexity index is 998. The van der Waals surface area contributed by atoms with Crippen LogP contribution in [-0.4, -0.2) is 29.4 Å². The minimum atomic E-state index is -4.56. The molecule has 0 saturated carbocycles. The molecule has 1 amide bonds. The predicted molar refractivity (Wildman–Crippen MR) is 100 cm³/mol. The quantitative estimate of drug-likeness (QED) is 0.667. The summed E-state index contributed by atoms with van der Waals surface area (Å²) in [6.07, 6.45) is -4.56. The number of carbonyl (C=O) groups is 1. The molecule has 1 heterocycles. The normalized spacial score (nSPS) is 11.2. The maximum atomic E-state index is 13.3. The number of aromatic nitrogens is 2. The van der Waals surface area contributed by atoms with E-state index in [1.807, 2.05) is 0 Å². The summed E-state index contributed by atoms with van der Waals surface area (Å²) < 4.78 is 51.5. The first-order chi connectivity index (χ1) is 13.8. The molecule has 1 aromatic heterocycles. The van der Waals surface area contributed by atoms with Gasteiger partial charge in [-0.05, 0) is 43.3 Å². The van der Waals surface area contributed by atoms with Crippen LogP contribution in [0.4, 0.5) is 19.0 Å². The first-order valence-corrected chi connectivity index (χ1v) is 8.58. The highest BCUT2D eigenvalue weighted by molar-refractivity contribution is 5.91. The molecule has 3 aromatic rings. The van der Waals surface area contributed by atoms with Crippen molar-refractivity contribution in [3.8, 4) is 17.2 Å². The molecule has 2 aromatic carbocycles. The summed E-state index contributed by atoms with van der Waals surface area (Å²) in [6, 6.07) is 13.1. The number of hydrogen-bond donors (Lipinski definition) is 1. The number of hydrogen-bond acceptors (Lipinski definition) is 4. The largest absolute Gasteiger partial charge is 0.497 e. The van der Waals surface area contributed by atoms with Crippen LogP contribution < -0.4 is 14.8 Å². The molecule has 29 heavy (non-hydrogen) atoms. The highest BCUT2D eigenvalue weighted by Gasteiger charge is 2.34. The Kier molecular flexibility index (Phi) is 5.76. The van der Waals surface area contributed by atoms with E-state index in [1.165, 1.54) is 31.4 Å². The first kappa shape index (κ1) is 20.2. The zero-order valence-electron chi connectivity index (χ0n) is 15.7. The van der Waals surface area contributed by atoms with Crippen molar-refractivity contribution in [3.05, 3.63) is 65.9 Å². The zero-order valence-corrected chi connectivity index (χ0v) is 15.7. The SMILES string of the molecule is COc1ccc(OCC(=O)Nc2cc(C)nn2-c2ccccc2C(F)(F)F)cc1. The van der Waals surface area contributed by atoms with Gasteiger partial charge < -0.3 is 14.8 Å². The summed E-state index contributed by atoms with van der Waals surface area (Å²) in [5, 5.41) is 6.64. The van der Waals surface area contributed by atoms with E-state index < -0.39 is 17.6 Å². The highest BCUT2D eigenvalue weighted by atomic mass is 19.4. The van der Waals surface area contributed by atoms with Crippen molar-refractivity contribution in [2.75, 3.05) is 19.0 Å². The van der Waals surface area contributed by atoms with Crippen molar-refractivity contribution >= 4 is 11.7 Å². The summed E-state index contributed by atoms with van der Waals surface area (Å²) in [5.41, 5.74) is -0.582. The van der Waals surface area contributed by atoms with E-state index in [4.69, 9.17) is 9.47 Å². The number of carbonyl (C=O) groups excluding carboxylic acids is 1. The molecule has 0 aliphatic carbocycles. The maximum absolute atomic E-state index is 13.3. The number of halogens is 3. The second kappa shape index (κ2) is 8.26. The standard InChI is InChI=1S/C20H18F3N3O3/c1-13-11-18(24-19(27)12-29-15-9-7-14(28-2)8-10-15)26(25-13)17-6-4-3-5-16(17)20(21,22)23/h3-11H,12H2,1-2H3,(H,24,27). The number of alkyl halides is 3. The van der Waals surface area contributed by atoms with Gasteiger partial charge in [0.05, 0.1) is 24.1 Å². The molecule has 0 atom stereocenters. The molecule has 1 N–H and O–H groups in total. The van der Waals surface area contributed by atoms with E-state index in [-0.39, 0.29) is 18.1 Å². The van der Waals surface area contributed by atoms with Gasteiger partial charge in [-0.3, -0.25) is 4.79 Å². The molecule has 6 nitrogen and oxygen atoms in total. The van der Waals surface area contributed by atoms with Gasteiger partial charge in [-0.2, -0.15) is 18.3 Å². The van der Waals surface area contributed by atoms with E-state index >= 15 is 0 Å². The van der Waals surface area contributed by atoms with Crippen molar-refractivity contribution in [2.24, 2.45) is 0 Å². The second-order valence-corrected chi connectivity index (χ2v) is 6.11. The van der Waals surface area contributed by atoms with Gasteiger partial charge in [0.2, 0.25) is 0 Å². The van der Waals surface area contributed by atoms with Crippen LogP contribution in [-0.2, 0) is 11.0 Å². The molecular weight excluding hydrogens is 387 g/mol. The Morgan fingerprint density at radius 3 is 2.41 bits per heavy atom. The third-order valence-electron chi connectivity index (χ3n) is 3.97. The fourth-order valence-electron chi connectivity index (χ4n) is 2.67. The van der Waals surface area contributed by atoms with E-state index in [0.717, 1.165) is 10.7 Å². The van der Waals surface area contributed by atoms with Crippen molar-refractivity contribution in [2.45, 2.75) is 13.1 Å². The lowest BCUT2D eigenvalue weighted by molar-refractivity contribution is -0.137.